The van der Waals surface area contributed by atoms with Crippen molar-refractivity contribution < 1.29 is 80.2 Å². The smallest absolute Gasteiger partial charge is 0.462 e. The number of carbonyl (C=O) groups is 4. The molecule has 0 aromatic heterocycles. The first-order valence-corrected chi connectivity index (χ1v) is 40.8. The molecule has 0 aliphatic heterocycles. The van der Waals surface area contributed by atoms with Crippen LogP contribution >= 0.6 is 15.6 Å². The Kier molecular flexibility index (Phi) is 61.3. The molecule has 0 aliphatic carbocycles. The molecule has 0 spiro atoms. The maximum atomic E-state index is 13.0. The van der Waals surface area contributed by atoms with Gasteiger partial charge in [-0.3, -0.25) is 37.3 Å². The predicted octanol–water partition coefficient (Wildman–Crippen LogP) is 20.9. The molecule has 0 rings (SSSR count). The van der Waals surface area contributed by atoms with Crippen LogP contribution in [0, 0.1) is 23.7 Å². The molecule has 17 nitrogen and oxygen atoms in total. The number of aliphatic hydroxyl groups is 1. The van der Waals surface area contributed by atoms with Gasteiger partial charge in [-0.1, -0.05) is 312 Å². The van der Waals surface area contributed by atoms with E-state index in [-0.39, 0.29) is 25.7 Å². The Balaban J connectivity index is 5.15. The van der Waals surface area contributed by atoms with Crippen molar-refractivity contribution in [2.75, 3.05) is 39.6 Å². The number of rotatable bonds is 70. The number of carbonyl (C=O) groups excluding carboxylic acids is 4. The number of unbranched alkanes of at least 4 members (excludes halogenated alkanes) is 33. The summed E-state index contributed by atoms with van der Waals surface area (Å²) in [5, 5.41) is 10.6. The topological polar surface area (TPSA) is 237 Å². The molecule has 546 valence electrons. The molecule has 8 atom stereocenters. The minimum absolute atomic E-state index is 0.102. The van der Waals surface area contributed by atoms with Gasteiger partial charge < -0.3 is 33.8 Å². The molecule has 0 radical (unpaired) electrons. The van der Waals surface area contributed by atoms with Crippen LogP contribution in [0.5, 0.6) is 0 Å². The predicted molar refractivity (Wildman–Crippen MR) is 372 cm³/mol. The van der Waals surface area contributed by atoms with Crippen molar-refractivity contribution in [1.82, 2.24) is 0 Å². The van der Waals surface area contributed by atoms with E-state index < -0.39 is 97.5 Å². The summed E-state index contributed by atoms with van der Waals surface area (Å²) in [7, 11) is -9.90. The first-order valence-electron chi connectivity index (χ1n) is 37.8. The van der Waals surface area contributed by atoms with Crippen LogP contribution < -0.4 is 0 Å². The lowest BCUT2D eigenvalue weighted by atomic mass is 9.99. The first kappa shape index (κ1) is 90.1. The minimum atomic E-state index is -4.95. The summed E-state index contributed by atoms with van der Waals surface area (Å²) in [5.41, 5.74) is 0. The van der Waals surface area contributed by atoms with Crippen molar-refractivity contribution in [1.29, 1.82) is 0 Å². The van der Waals surface area contributed by atoms with E-state index in [1.54, 1.807) is 0 Å². The molecule has 3 N–H and O–H groups in total. The average molecular weight is 1350 g/mol. The Bertz CT molecular complexity index is 1820. The Morgan fingerprint density at radius 3 is 0.772 bits per heavy atom. The van der Waals surface area contributed by atoms with Gasteiger partial charge >= 0.3 is 39.5 Å². The van der Waals surface area contributed by atoms with Gasteiger partial charge in [0.2, 0.25) is 0 Å². The van der Waals surface area contributed by atoms with Crippen molar-refractivity contribution in [3.8, 4) is 0 Å². The van der Waals surface area contributed by atoms with Crippen LogP contribution in [-0.2, 0) is 65.4 Å². The number of hydrogen-bond donors (Lipinski definition) is 3. The van der Waals surface area contributed by atoms with Gasteiger partial charge in [0.1, 0.15) is 19.3 Å². The first-order chi connectivity index (χ1) is 44.2. The number of esters is 4. The second-order valence-electron chi connectivity index (χ2n) is 27.5. The second kappa shape index (κ2) is 62.6. The van der Waals surface area contributed by atoms with Gasteiger partial charge in [-0.25, -0.2) is 9.13 Å². The third-order valence-corrected chi connectivity index (χ3v) is 19.8. The lowest BCUT2D eigenvalue weighted by Crippen LogP contribution is -2.30. The fraction of sp³-hybridized carbons (Fsp3) is 0.945. The molecule has 0 aromatic carbocycles. The molecule has 0 amide bonds. The third kappa shape index (κ3) is 62.8. The zero-order chi connectivity index (χ0) is 68.2. The highest BCUT2D eigenvalue weighted by atomic mass is 31.2. The van der Waals surface area contributed by atoms with Gasteiger partial charge in [0.05, 0.1) is 26.4 Å². The molecule has 0 fully saturated rings. The third-order valence-electron chi connectivity index (χ3n) is 17.9. The molecule has 0 aliphatic rings. The highest BCUT2D eigenvalue weighted by Gasteiger charge is 2.30. The molecule has 0 aromatic rings. The number of phosphoric ester groups is 2. The van der Waals surface area contributed by atoms with E-state index in [0.717, 1.165) is 120 Å². The lowest BCUT2D eigenvalue weighted by Gasteiger charge is -2.21. The molecule has 0 heterocycles. The van der Waals surface area contributed by atoms with Crippen LogP contribution in [0.25, 0.3) is 0 Å². The van der Waals surface area contributed by atoms with Crippen molar-refractivity contribution in [2.24, 2.45) is 23.7 Å². The quantitative estimate of drug-likeness (QED) is 0.0222. The van der Waals surface area contributed by atoms with Gasteiger partial charge in [0, 0.05) is 25.7 Å². The number of aliphatic hydroxyl groups excluding tert-OH is 1. The van der Waals surface area contributed by atoms with Gasteiger partial charge in [-0.2, -0.15) is 0 Å². The minimum Gasteiger partial charge on any atom is -0.462 e. The summed E-state index contributed by atoms with van der Waals surface area (Å²) < 4.78 is 68.3. The second-order valence-corrected chi connectivity index (χ2v) is 30.4. The van der Waals surface area contributed by atoms with E-state index >= 15 is 0 Å². The average Bonchev–Trinajstić information content (AvgIpc) is 1.94. The van der Waals surface area contributed by atoms with Crippen molar-refractivity contribution in [3.63, 3.8) is 0 Å². The van der Waals surface area contributed by atoms with E-state index in [0.29, 0.717) is 31.6 Å². The Hall–Kier alpha value is -1.94. The Morgan fingerprint density at radius 2 is 0.522 bits per heavy atom. The number of ether oxygens (including phenoxy) is 4. The molecule has 19 heteroatoms. The van der Waals surface area contributed by atoms with Crippen molar-refractivity contribution >= 4 is 39.5 Å². The fourth-order valence-corrected chi connectivity index (χ4v) is 12.5. The summed E-state index contributed by atoms with van der Waals surface area (Å²) >= 11 is 0. The Morgan fingerprint density at radius 1 is 0.304 bits per heavy atom. The summed E-state index contributed by atoms with van der Waals surface area (Å²) in [6.07, 6.45) is 46.1. The molecule has 0 saturated heterocycles. The van der Waals surface area contributed by atoms with Crippen molar-refractivity contribution in [3.05, 3.63) is 0 Å². The molecule has 92 heavy (non-hydrogen) atoms. The van der Waals surface area contributed by atoms with E-state index in [4.69, 9.17) is 37.0 Å². The van der Waals surface area contributed by atoms with Gasteiger partial charge in [0.25, 0.3) is 0 Å². The highest BCUT2D eigenvalue weighted by Crippen LogP contribution is 2.45. The maximum Gasteiger partial charge on any atom is 0.472 e. The lowest BCUT2D eigenvalue weighted by molar-refractivity contribution is -0.161. The molecule has 0 bridgehead atoms. The molecule has 5 unspecified atom stereocenters. The zero-order valence-corrected chi connectivity index (χ0v) is 62.0. The summed E-state index contributed by atoms with van der Waals surface area (Å²) in [4.78, 5) is 72.5. The Labute approximate surface area is 562 Å². The fourth-order valence-electron chi connectivity index (χ4n) is 10.9. The van der Waals surface area contributed by atoms with Crippen LogP contribution in [0.15, 0.2) is 0 Å². The van der Waals surface area contributed by atoms with Gasteiger partial charge in [-0.05, 0) is 49.4 Å². The van der Waals surface area contributed by atoms with Crippen LogP contribution in [-0.4, -0.2) is 96.7 Å². The van der Waals surface area contributed by atoms with Gasteiger partial charge in [-0.15, -0.1) is 0 Å². The van der Waals surface area contributed by atoms with Crippen LogP contribution in [0.1, 0.15) is 364 Å². The standard InChI is InChI=1S/C73H142O17P2/c1-9-64(6)50-42-34-26-22-20-18-16-14-12-13-15-17-19-21-23-27-39-47-55-72(77)89-68(60-84-71(76)54-46-38-31-29-35-43-51-65(7)10-2)61-87-91(79,80)85-57-67(74)58-86-92(81,82)88-62-69(90-73(78)56-48-40-32-30-36-44-52-66(8)11-3)59-83-70(75)53-45-37-28-24-25-33-41-49-63(4)5/h63-69,74H,9-62H2,1-8H3,(H,79,80)(H,81,82)/t64?,65?,66?,67-,68+,69+/m0/s1. The van der Waals surface area contributed by atoms with Crippen molar-refractivity contribution in [2.45, 2.75) is 382 Å². The largest absolute Gasteiger partial charge is 0.472 e. The van der Waals surface area contributed by atoms with Crippen LogP contribution in [0.4, 0.5) is 0 Å². The van der Waals surface area contributed by atoms with E-state index in [2.05, 4.69) is 55.4 Å². The summed E-state index contributed by atoms with van der Waals surface area (Å²) in [6.45, 7) is 14.1. The van der Waals surface area contributed by atoms with E-state index in [1.807, 2.05) is 0 Å². The summed E-state index contributed by atoms with van der Waals surface area (Å²) in [6, 6.07) is 0. The molecular weight excluding hydrogens is 1210 g/mol. The van der Waals surface area contributed by atoms with Gasteiger partial charge in [0.15, 0.2) is 12.2 Å². The SMILES string of the molecule is CCC(C)CCCCCCCCCCCCCCCCCCCCC(=O)O[C@H](COC(=O)CCCCCCCCC(C)CC)COP(=O)(O)OC[C@H](O)COP(=O)(O)OC[C@@H](COC(=O)CCCCCCCCCC(C)C)OC(=O)CCCCCCCCC(C)CC. The normalized spacial score (nSPS) is 15.1. The van der Waals surface area contributed by atoms with E-state index in [9.17, 15) is 43.2 Å². The highest BCUT2D eigenvalue weighted by molar-refractivity contribution is 7.47. The number of hydrogen-bond acceptors (Lipinski definition) is 15. The monoisotopic (exact) mass is 1350 g/mol. The zero-order valence-electron chi connectivity index (χ0n) is 60.2. The van der Waals surface area contributed by atoms with Crippen LogP contribution in [0.2, 0.25) is 0 Å². The molecule has 0 saturated carbocycles. The molecular formula is C73H142O17P2. The maximum absolute atomic E-state index is 13.0. The summed E-state index contributed by atoms with van der Waals surface area (Å²) in [5.74, 6) is 0.895. The van der Waals surface area contributed by atoms with Crippen LogP contribution in [0.3, 0.4) is 0 Å². The number of phosphoric acid groups is 2. The van der Waals surface area contributed by atoms with E-state index in [1.165, 1.54) is 154 Å².